The van der Waals surface area contributed by atoms with E-state index in [-0.39, 0.29) is 0 Å². The Morgan fingerprint density at radius 2 is 1.55 bits per heavy atom. The normalized spacial score (nSPS) is 21.8. The van der Waals surface area contributed by atoms with Crippen LogP contribution in [0.3, 0.4) is 0 Å². The molecule has 1 aliphatic rings. The molecule has 0 radical (unpaired) electrons. The van der Waals surface area contributed by atoms with Gasteiger partial charge in [0.05, 0.1) is 5.49 Å². The Balaban J connectivity index is 2.20. The molecule has 0 spiro atoms. The Kier molecular flexibility index (Phi) is 4.51. The van der Waals surface area contributed by atoms with Crippen LogP contribution in [0, 0.1) is 0 Å². The molecule has 0 bridgehead atoms. The predicted octanol–water partition coefficient (Wildman–Crippen LogP) is 2.65. The van der Waals surface area contributed by atoms with Crippen LogP contribution in [0.1, 0.15) is 44.9 Å². The van der Waals surface area contributed by atoms with Crippen molar-refractivity contribution in [1.29, 1.82) is 0 Å². The van der Waals surface area contributed by atoms with Crippen LogP contribution in [-0.4, -0.2) is 11.5 Å². The van der Waals surface area contributed by atoms with E-state index < -0.39 is 0 Å². The molecule has 1 saturated carbocycles. The lowest BCUT2D eigenvalue weighted by Gasteiger charge is -2.18. The molecular weight excluding hydrogens is 154 g/mol. The van der Waals surface area contributed by atoms with Gasteiger partial charge in [-0.3, -0.25) is 0 Å². The van der Waals surface area contributed by atoms with Crippen molar-refractivity contribution in [3.8, 4) is 0 Å². The average molecular weight is 171 g/mol. The minimum absolute atomic E-state index is 0.674. The summed E-state index contributed by atoms with van der Waals surface area (Å²) in [4.78, 5) is 0. The van der Waals surface area contributed by atoms with E-state index in [1.165, 1.54) is 44.9 Å². The Labute approximate surface area is 74.6 Å². The molecule has 0 saturated heterocycles. The maximum absolute atomic E-state index is 4.77. The fourth-order valence-electron chi connectivity index (χ4n) is 1.72. The summed E-state index contributed by atoms with van der Waals surface area (Å²) >= 11 is 4.77. The van der Waals surface area contributed by atoms with E-state index in [9.17, 15) is 0 Å². The van der Waals surface area contributed by atoms with Gasteiger partial charge in [-0.15, -0.1) is 0 Å². The molecule has 0 unspecified atom stereocenters. The van der Waals surface area contributed by atoms with Crippen molar-refractivity contribution in [2.24, 2.45) is 0 Å². The Morgan fingerprint density at radius 3 is 2.09 bits per heavy atom. The van der Waals surface area contributed by atoms with E-state index in [0.717, 1.165) is 0 Å². The smallest absolute Gasteiger partial charge is 0.0617 e. The standard InChI is InChI=1S/C9H17NS/c11-8-10-9-6-4-2-1-3-5-7-9/h8-9H,1-7H2,(H,10,11). The summed E-state index contributed by atoms with van der Waals surface area (Å²) in [7, 11) is 0. The first-order valence-corrected chi connectivity index (χ1v) is 5.10. The van der Waals surface area contributed by atoms with Crippen molar-refractivity contribution in [2.45, 2.75) is 51.0 Å². The second kappa shape index (κ2) is 5.53. The van der Waals surface area contributed by atoms with Crippen LogP contribution in [0.25, 0.3) is 0 Å². The second-order valence-corrected chi connectivity index (χ2v) is 3.56. The fraction of sp³-hybridized carbons (Fsp3) is 0.889. The van der Waals surface area contributed by atoms with Gasteiger partial charge in [-0.25, -0.2) is 0 Å². The molecule has 0 aromatic carbocycles. The zero-order valence-corrected chi connectivity index (χ0v) is 7.83. The minimum Gasteiger partial charge on any atom is -0.379 e. The summed E-state index contributed by atoms with van der Waals surface area (Å²) in [5.74, 6) is 0. The largest absolute Gasteiger partial charge is 0.379 e. The van der Waals surface area contributed by atoms with E-state index in [2.05, 4.69) is 5.32 Å². The van der Waals surface area contributed by atoms with Gasteiger partial charge in [-0.2, -0.15) is 0 Å². The number of rotatable bonds is 2. The topological polar surface area (TPSA) is 12.0 Å². The van der Waals surface area contributed by atoms with Crippen LogP contribution >= 0.6 is 12.2 Å². The molecule has 0 heterocycles. The number of thiocarbonyl (C=S) groups is 1. The van der Waals surface area contributed by atoms with Gasteiger partial charge >= 0.3 is 0 Å². The van der Waals surface area contributed by atoms with Crippen LogP contribution in [0.5, 0.6) is 0 Å². The number of hydrogen-bond donors (Lipinski definition) is 1. The quantitative estimate of drug-likeness (QED) is 0.641. The van der Waals surface area contributed by atoms with Crippen molar-refractivity contribution in [2.75, 3.05) is 0 Å². The molecular formula is C9H17NS. The van der Waals surface area contributed by atoms with E-state index in [1.807, 2.05) is 0 Å². The molecule has 1 rings (SSSR count). The van der Waals surface area contributed by atoms with Crippen LogP contribution in [-0.2, 0) is 0 Å². The highest BCUT2D eigenvalue weighted by Gasteiger charge is 2.08. The van der Waals surface area contributed by atoms with Crippen molar-refractivity contribution in [3.63, 3.8) is 0 Å². The maximum atomic E-state index is 4.77. The molecule has 1 aliphatic carbocycles. The highest BCUT2D eigenvalue weighted by atomic mass is 32.1. The summed E-state index contributed by atoms with van der Waals surface area (Å²) < 4.78 is 0. The fourth-order valence-corrected chi connectivity index (χ4v) is 1.91. The Hall–Kier alpha value is -0.110. The highest BCUT2D eigenvalue weighted by Crippen LogP contribution is 2.16. The first kappa shape index (κ1) is 8.98. The third kappa shape index (κ3) is 3.71. The van der Waals surface area contributed by atoms with Crippen LogP contribution in [0.4, 0.5) is 0 Å². The molecule has 1 fully saturated rings. The number of nitrogens with one attached hydrogen (secondary N) is 1. The molecule has 0 atom stereocenters. The van der Waals surface area contributed by atoms with Crippen molar-refractivity contribution in [1.82, 2.24) is 5.32 Å². The van der Waals surface area contributed by atoms with Crippen LogP contribution in [0.15, 0.2) is 0 Å². The maximum Gasteiger partial charge on any atom is 0.0617 e. The van der Waals surface area contributed by atoms with E-state index in [4.69, 9.17) is 12.2 Å². The lowest BCUT2D eigenvalue weighted by Crippen LogP contribution is -2.27. The van der Waals surface area contributed by atoms with Gasteiger partial charge in [0.2, 0.25) is 0 Å². The molecule has 11 heavy (non-hydrogen) atoms. The third-order valence-electron chi connectivity index (χ3n) is 2.41. The minimum atomic E-state index is 0.674. The molecule has 0 aromatic heterocycles. The van der Waals surface area contributed by atoms with Crippen LogP contribution in [0.2, 0.25) is 0 Å². The zero-order chi connectivity index (χ0) is 7.94. The summed E-state index contributed by atoms with van der Waals surface area (Å²) in [5, 5.41) is 3.24. The summed E-state index contributed by atoms with van der Waals surface area (Å²) in [5.41, 5.74) is 1.67. The first-order valence-electron chi connectivity index (χ1n) is 4.63. The number of hydrogen-bond acceptors (Lipinski definition) is 1. The SMILES string of the molecule is S=CNC1CCCCCCC1. The molecule has 0 aliphatic heterocycles. The molecule has 1 N–H and O–H groups in total. The van der Waals surface area contributed by atoms with Gasteiger partial charge in [0.1, 0.15) is 0 Å². The zero-order valence-electron chi connectivity index (χ0n) is 7.01. The van der Waals surface area contributed by atoms with Gasteiger partial charge in [-0.05, 0) is 12.8 Å². The Bertz CT molecular complexity index is 106. The van der Waals surface area contributed by atoms with Crippen molar-refractivity contribution < 1.29 is 0 Å². The first-order chi connectivity index (χ1) is 5.43. The lowest BCUT2D eigenvalue weighted by atomic mass is 9.97. The lowest BCUT2D eigenvalue weighted by molar-refractivity contribution is 0.432. The van der Waals surface area contributed by atoms with Gasteiger partial charge in [0, 0.05) is 6.04 Å². The van der Waals surface area contributed by atoms with Gasteiger partial charge < -0.3 is 5.32 Å². The summed E-state index contributed by atoms with van der Waals surface area (Å²) in [6.07, 6.45) is 9.64. The van der Waals surface area contributed by atoms with Crippen molar-refractivity contribution in [3.05, 3.63) is 0 Å². The monoisotopic (exact) mass is 171 g/mol. The summed E-state index contributed by atoms with van der Waals surface area (Å²) in [6.45, 7) is 0. The Morgan fingerprint density at radius 1 is 1.00 bits per heavy atom. The van der Waals surface area contributed by atoms with Gasteiger partial charge in [-0.1, -0.05) is 44.3 Å². The van der Waals surface area contributed by atoms with E-state index in [0.29, 0.717) is 6.04 Å². The van der Waals surface area contributed by atoms with Crippen LogP contribution < -0.4 is 5.32 Å². The van der Waals surface area contributed by atoms with Gasteiger partial charge in [0.15, 0.2) is 0 Å². The molecule has 0 aromatic rings. The summed E-state index contributed by atoms with van der Waals surface area (Å²) in [6, 6.07) is 0.674. The molecule has 0 amide bonds. The van der Waals surface area contributed by atoms with E-state index in [1.54, 1.807) is 5.49 Å². The third-order valence-corrected chi connectivity index (χ3v) is 2.54. The predicted molar refractivity (Wildman–Crippen MR) is 52.9 cm³/mol. The van der Waals surface area contributed by atoms with Crippen molar-refractivity contribution >= 4 is 17.7 Å². The second-order valence-electron chi connectivity index (χ2n) is 3.33. The average Bonchev–Trinajstić information content (AvgIpc) is 1.94. The van der Waals surface area contributed by atoms with E-state index >= 15 is 0 Å². The molecule has 2 heteroatoms. The highest BCUT2D eigenvalue weighted by molar-refractivity contribution is 7.78. The molecule has 1 nitrogen and oxygen atoms in total. The molecule has 64 valence electrons. The van der Waals surface area contributed by atoms with Gasteiger partial charge in [0.25, 0.3) is 0 Å².